The molecule has 4 aliphatic carbocycles. The third-order valence-electron chi connectivity index (χ3n) is 7.75. The monoisotopic (exact) mass is 432 g/mol. The van der Waals surface area contributed by atoms with Crippen molar-refractivity contribution >= 4 is 27.2 Å². The minimum Gasteiger partial charge on any atom is -0.287 e. The van der Waals surface area contributed by atoms with Gasteiger partial charge in [0.2, 0.25) is 0 Å². The Hall–Kier alpha value is -1.43. The topological polar surface area (TPSA) is 88.3 Å². The Morgan fingerprint density at radius 1 is 1.17 bits per heavy atom. The second-order valence-corrected chi connectivity index (χ2v) is 12.7. The van der Waals surface area contributed by atoms with E-state index in [2.05, 4.69) is 6.19 Å². The molecular formula is C21H28N4O2S2. The molecule has 1 aliphatic heterocycles. The molecule has 1 aromatic heterocycles. The largest absolute Gasteiger partial charge is 0.287 e. The van der Waals surface area contributed by atoms with Crippen LogP contribution < -0.4 is 0 Å². The van der Waals surface area contributed by atoms with Crippen molar-refractivity contribution in [2.75, 3.05) is 13.1 Å². The summed E-state index contributed by atoms with van der Waals surface area (Å²) < 4.78 is 27.5. The van der Waals surface area contributed by atoms with Gasteiger partial charge < -0.3 is 0 Å². The van der Waals surface area contributed by atoms with Gasteiger partial charge in [-0.1, -0.05) is 6.07 Å². The highest BCUT2D eigenvalue weighted by atomic mass is 32.2. The van der Waals surface area contributed by atoms with Gasteiger partial charge in [-0.25, -0.2) is 8.42 Å². The minimum atomic E-state index is -3.43. The smallest absolute Gasteiger partial charge is 0.252 e. The van der Waals surface area contributed by atoms with Crippen molar-refractivity contribution < 1.29 is 8.42 Å². The number of piperidine rings is 1. The zero-order chi connectivity index (χ0) is 20.2. The predicted octanol–water partition coefficient (Wildman–Crippen LogP) is 3.88. The van der Waals surface area contributed by atoms with Crippen LogP contribution in [0.25, 0.3) is 0 Å². The second-order valence-electron chi connectivity index (χ2n) is 9.57. The van der Waals surface area contributed by atoms with E-state index in [1.807, 2.05) is 0 Å². The van der Waals surface area contributed by atoms with Gasteiger partial charge in [-0.3, -0.25) is 10.3 Å². The Bertz CT molecular complexity index is 891. The Morgan fingerprint density at radius 2 is 1.76 bits per heavy atom. The molecule has 0 unspecified atom stereocenters. The first-order valence-electron chi connectivity index (χ1n) is 10.7. The molecule has 6 rings (SSSR count). The lowest BCUT2D eigenvalue weighted by molar-refractivity contribution is -0.0478. The summed E-state index contributed by atoms with van der Waals surface area (Å²) in [5.41, 5.74) is -0.138. The Kier molecular flexibility index (Phi) is 4.76. The normalized spacial score (nSPS) is 34.8. The van der Waals surface area contributed by atoms with Gasteiger partial charge in [-0.15, -0.1) is 11.3 Å². The van der Waals surface area contributed by atoms with Crippen molar-refractivity contribution in [2.24, 2.45) is 23.7 Å². The predicted molar refractivity (Wildman–Crippen MR) is 112 cm³/mol. The Balaban J connectivity index is 1.29. The number of sulfonamides is 1. The van der Waals surface area contributed by atoms with Crippen LogP contribution in [0.5, 0.6) is 0 Å². The molecule has 1 N–H and O–H groups in total. The zero-order valence-corrected chi connectivity index (χ0v) is 18.2. The maximum absolute atomic E-state index is 12.8. The summed E-state index contributed by atoms with van der Waals surface area (Å²) in [6.45, 7) is 0.848. The van der Waals surface area contributed by atoms with Crippen LogP contribution in [0, 0.1) is 40.5 Å². The standard InChI is InChI=1S/C21H28N4O2S2/c22-14-25(21-11-15-8-16(12-21)10-17(9-15)13-21)20(23)18-3-5-24(6-4-18)29(26,27)19-2-1-7-28-19/h1-2,7,15-18,23H,3-6,8-13H2. The average Bonchev–Trinajstić information content (AvgIpc) is 3.23. The number of rotatable bonds is 4. The zero-order valence-electron chi connectivity index (χ0n) is 16.6. The van der Waals surface area contributed by atoms with E-state index in [-0.39, 0.29) is 11.5 Å². The van der Waals surface area contributed by atoms with E-state index < -0.39 is 10.0 Å². The van der Waals surface area contributed by atoms with Crippen molar-refractivity contribution in [2.45, 2.75) is 61.1 Å². The maximum Gasteiger partial charge on any atom is 0.252 e. The van der Waals surface area contributed by atoms with E-state index in [1.165, 1.54) is 30.6 Å². The van der Waals surface area contributed by atoms with Crippen LogP contribution in [0.3, 0.4) is 0 Å². The Labute approximate surface area is 177 Å². The number of nitrogens with one attached hydrogen (secondary N) is 1. The van der Waals surface area contributed by atoms with Gasteiger partial charge in [0.15, 0.2) is 6.19 Å². The van der Waals surface area contributed by atoms with Gasteiger partial charge in [0, 0.05) is 19.0 Å². The third-order valence-corrected chi connectivity index (χ3v) is 11.0. The van der Waals surface area contributed by atoms with Crippen LogP contribution in [0.2, 0.25) is 0 Å². The van der Waals surface area contributed by atoms with Crippen molar-refractivity contribution in [3.05, 3.63) is 17.5 Å². The summed E-state index contributed by atoms with van der Waals surface area (Å²) in [6, 6.07) is 3.41. The quantitative estimate of drug-likeness (QED) is 0.338. The molecule has 1 saturated heterocycles. The molecule has 29 heavy (non-hydrogen) atoms. The molecular weight excluding hydrogens is 404 g/mol. The number of thiophene rings is 1. The highest BCUT2D eigenvalue weighted by molar-refractivity contribution is 7.91. The molecule has 0 amide bonds. The molecule has 0 atom stereocenters. The number of hydrogen-bond donors (Lipinski definition) is 1. The van der Waals surface area contributed by atoms with Gasteiger partial charge in [0.1, 0.15) is 10.0 Å². The van der Waals surface area contributed by atoms with E-state index in [1.54, 1.807) is 26.7 Å². The molecule has 8 heteroatoms. The van der Waals surface area contributed by atoms with Crippen molar-refractivity contribution in [3.63, 3.8) is 0 Å². The lowest BCUT2D eigenvalue weighted by Gasteiger charge is -2.59. The molecule has 6 nitrogen and oxygen atoms in total. The van der Waals surface area contributed by atoms with Gasteiger partial charge >= 0.3 is 0 Å². The van der Waals surface area contributed by atoms with Crippen molar-refractivity contribution in [1.29, 1.82) is 10.7 Å². The molecule has 4 bridgehead atoms. The van der Waals surface area contributed by atoms with E-state index in [9.17, 15) is 13.7 Å². The van der Waals surface area contributed by atoms with Gasteiger partial charge in [0.25, 0.3) is 10.0 Å². The summed E-state index contributed by atoms with van der Waals surface area (Å²) in [7, 11) is -3.43. The molecule has 0 aromatic carbocycles. The van der Waals surface area contributed by atoms with Crippen LogP contribution in [0.1, 0.15) is 51.4 Å². The molecule has 4 saturated carbocycles. The van der Waals surface area contributed by atoms with E-state index >= 15 is 0 Å². The van der Waals surface area contributed by atoms with Crippen LogP contribution in [-0.2, 0) is 10.0 Å². The fourth-order valence-electron chi connectivity index (χ4n) is 6.84. The average molecular weight is 433 g/mol. The van der Waals surface area contributed by atoms with Crippen LogP contribution in [-0.4, -0.2) is 42.1 Å². The molecule has 5 fully saturated rings. The minimum absolute atomic E-state index is 0.0301. The molecule has 5 aliphatic rings. The summed E-state index contributed by atoms with van der Waals surface area (Å²) in [5, 5.41) is 20.7. The van der Waals surface area contributed by atoms with Gasteiger partial charge in [0.05, 0.1) is 5.54 Å². The summed E-state index contributed by atoms with van der Waals surface area (Å²) in [5.74, 6) is 2.58. The van der Waals surface area contributed by atoms with Gasteiger partial charge in [-0.2, -0.15) is 9.57 Å². The summed E-state index contributed by atoms with van der Waals surface area (Å²) in [6.07, 6.45) is 10.7. The number of nitrogens with zero attached hydrogens (tertiary/aromatic N) is 3. The number of amidine groups is 1. The molecule has 156 valence electrons. The van der Waals surface area contributed by atoms with Crippen molar-refractivity contribution in [3.8, 4) is 6.19 Å². The number of hydrogen-bond acceptors (Lipinski definition) is 5. The third kappa shape index (κ3) is 3.22. The van der Waals surface area contributed by atoms with Crippen molar-refractivity contribution in [1.82, 2.24) is 9.21 Å². The maximum atomic E-state index is 12.8. The second kappa shape index (κ2) is 7.07. The first kappa shape index (κ1) is 19.5. The highest BCUT2D eigenvalue weighted by Gasteiger charge is 2.55. The number of nitriles is 1. The van der Waals surface area contributed by atoms with Crippen LogP contribution >= 0.6 is 11.3 Å². The SMILES string of the molecule is N#CN(C(=N)C1CCN(S(=O)(=O)c2cccs2)CC1)C12CC3CC(CC(C3)C1)C2. The molecule has 0 radical (unpaired) electrons. The Morgan fingerprint density at radius 3 is 2.24 bits per heavy atom. The fourth-order valence-corrected chi connectivity index (χ4v) is 9.46. The van der Waals surface area contributed by atoms with Crippen LogP contribution in [0.4, 0.5) is 0 Å². The first-order valence-corrected chi connectivity index (χ1v) is 13.1. The van der Waals surface area contributed by atoms with E-state index in [0.29, 0.717) is 36.0 Å². The molecule has 0 spiro atoms. The van der Waals surface area contributed by atoms with Crippen LogP contribution in [0.15, 0.2) is 21.7 Å². The molecule has 1 aromatic rings. The highest BCUT2D eigenvalue weighted by Crippen LogP contribution is 2.58. The summed E-state index contributed by atoms with van der Waals surface area (Å²) in [4.78, 5) is 1.77. The summed E-state index contributed by atoms with van der Waals surface area (Å²) >= 11 is 1.25. The first-order chi connectivity index (χ1) is 13.9. The van der Waals surface area contributed by atoms with Gasteiger partial charge in [-0.05, 0) is 80.6 Å². The fraction of sp³-hybridized carbons (Fsp3) is 0.714. The van der Waals surface area contributed by atoms with E-state index in [4.69, 9.17) is 5.41 Å². The lowest BCUT2D eigenvalue weighted by atomic mass is 9.52. The lowest BCUT2D eigenvalue weighted by Crippen LogP contribution is -2.61. The van der Waals surface area contributed by atoms with E-state index in [0.717, 1.165) is 37.0 Å². The molecule has 2 heterocycles.